The van der Waals surface area contributed by atoms with E-state index in [1.807, 2.05) is 31.2 Å². The molecule has 0 unspecified atom stereocenters. The maximum absolute atomic E-state index is 12.6. The van der Waals surface area contributed by atoms with Crippen molar-refractivity contribution in [2.75, 3.05) is 46.6 Å². The largest absolute Gasteiger partial charge is 0.507 e. The normalized spacial score (nSPS) is 16.0. The number of anilines is 5. The highest BCUT2D eigenvalue weighted by molar-refractivity contribution is 6.06. The van der Waals surface area contributed by atoms with Gasteiger partial charge in [-0.1, -0.05) is 6.07 Å². The van der Waals surface area contributed by atoms with Crippen LogP contribution in [-0.4, -0.2) is 52.1 Å². The molecule has 2 aliphatic heterocycles. The smallest absolute Gasteiger partial charge is 0.259 e. The first kappa shape index (κ1) is 23.8. The van der Waals surface area contributed by atoms with Gasteiger partial charge in [0.05, 0.1) is 5.56 Å². The lowest BCUT2D eigenvalue weighted by Gasteiger charge is -2.30. The molecule has 1 amide bonds. The summed E-state index contributed by atoms with van der Waals surface area (Å²) in [5, 5.41) is 16.2. The number of piperidine rings is 2. The molecule has 9 heteroatoms. The van der Waals surface area contributed by atoms with Crippen molar-refractivity contribution in [1.82, 2.24) is 15.0 Å². The minimum Gasteiger partial charge on any atom is -0.507 e. The Morgan fingerprint density at radius 1 is 0.778 bits per heavy atom. The summed E-state index contributed by atoms with van der Waals surface area (Å²) in [6.45, 7) is 5.73. The number of aromatic nitrogens is 3. The highest BCUT2D eigenvalue weighted by Gasteiger charge is 2.20. The summed E-state index contributed by atoms with van der Waals surface area (Å²) in [5.41, 5.74) is 2.57. The fourth-order valence-electron chi connectivity index (χ4n) is 4.68. The van der Waals surface area contributed by atoms with E-state index in [2.05, 4.69) is 20.4 Å². The van der Waals surface area contributed by atoms with Crippen LogP contribution in [0.1, 0.15) is 54.4 Å². The van der Waals surface area contributed by atoms with Gasteiger partial charge in [-0.3, -0.25) is 4.79 Å². The van der Waals surface area contributed by atoms with Crippen LogP contribution < -0.4 is 20.4 Å². The summed E-state index contributed by atoms with van der Waals surface area (Å²) in [4.78, 5) is 31.4. The third kappa shape index (κ3) is 5.67. The number of carbonyl (C=O) groups is 1. The van der Waals surface area contributed by atoms with Gasteiger partial charge in [0, 0.05) is 37.6 Å². The zero-order valence-corrected chi connectivity index (χ0v) is 20.7. The average Bonchev–Trinajstić information content (AvgIpc) is 2.90. The lowest BCUT2D eigenvalue weighted by atomic mass is 10.1. The maximum Gasteiger partial charge on any atom is 0.259 e. The Hall–Kier alpha value is -3.88. The van der Waals surface area contributed by atoms with Crippen LogP contribution in [0.25, 0.3) is 0 Å². The van der Waals surface area contributed by atoms with Gasteiger partial charge in [0.1, 0.15) is 5.75 Å². The Balaban J connectivity index is 1.32. The zero-order valence-electron chi connectivity index (χ0n) is 20.7. The molecule has 3 aromatic rings. The molecule has 3 N–H and O–H groups in total. The first-order valence-corrected chi connectivity index (χ1v) is 12.8. The number of phenolic OH excluding ortho intramolecular Hbond substituents is 1. The van der Waals surface area contributed by atoms with E-state index in [1.54, 1.807) is 18.2 Å². The summed E-state index contributed by atoms with van der Waals surface area (Å²) in [6.07, 6.45) is 7.11. The van der Waals surface area contributed by atoms with Gasteiger partial charge < -0.3 is 25.5 Å². The first-order valence-electron chi connectivity index (χ1n) is 12.8. The molecule has 2 aliphatic rings. The van der Waals surface area contributed by atoms with E-state index in [0.29, 0.717) is 11.6 Å². The van der Waals surface area contributed by atoms with Crippen LogP contribution in [0.2, 0.25) is 0 Å². The number of nitrogens with zero attached hydrogens (tertiary/aromatic N) is 5. The fraction of sp³-hybridized carbons (Fsp3) is 0.407. The Kier molecular flexibility index (Phi) is 7.16. The zero-order chi connectivity index (χ0) is 24.9. The third-order valence-electron chi connectivity index (χ3n) is 6.69. The van der Waals surface area contributed by atoms with Crippen LogP contribution in [0.5, 0.6) is 5.75 Å². The standard InChI is InChI=1S/C27H33N7O2/c1-19-8-13-22(23(35)18-19)24(36)28-20-9-11-21(12-10-20)29-25-30-26(33-14-4-2-5-15-33)32-27(31-25)34-16-6-3-7-17-34/h8-13,18,35H,2-7,14-17H2,1H3,(H,28,36)(H,29,30,31,32). The van der Waals surface area contributed by atoms with Gasteiger partial charge in [0.15, 0.2) is 0 Å². The molecular weight excluding hydrogens is 454 g/mol. The quantitative estimate of drug-likeness (QED) is 0.453. The Bertz CT molecular complexity index is 1170. The minimum absolute atomic E-state index is 0.0327. The molecule has 3 heterocycles. The van der Waals surface area contributed by atoms with Crippen molar-refractivity contribution in [1.29, 1.82) is 0 Å². The van der Waals surface area contributed by atoms with Crippen molar-refractivity contribution in [3.05, 3.63) is 53.6 Å². The van der Waals surface area contributed by atoms with Crippen molar-refractivity contribution in [2.45, 2.75) is 45.4 Å². The van der Waals surface area contributed by atoms with Gasteiger partial charge >= 0.3 is 0 Å². The summed E-state index contributed by atoms with van der Waals surface area (Å²) in [6, 6.07) is 12.4. The Morgan fingerprint density at radius 2 is 1.33 bits per heavy atom. The van der Waals surface area contributed by atoms with Crippen LogP contribution in [-0.2, 0) is 0 Å². The van der Waals surface area contributed by atoms with Crippen LogP contribution in [0.4, 0.5) is 29.2 Å². The molecule has 188 valence electrons. The molecule has 36 heavy (non-hydrogen) atoms. The first-order chi connectivity index (χ1) is 17.5. The van der Waals surface area contributed by atoms with Gasteiger partial charge in [-0.15, -0.1) is 0 Å². The van der Waals surface area contributed by atoms with Crippen molar-refractivity contribution < 1.29 is 9.90 Å². The maximum atomic E-state index is 12.6. The van der Waals surface area contributed by atoms with Crippen LogP contribution in [0, 0.1) is 6.92 Å². The second kappa shape index (κ2) is 10.8. The topological polar surface area (TPSA) is 107 Å². The number of hydrogen-bond acceptors (Lipinski definition) is 8. The predicted octanol–water partition coefficient (Wildman–Crippen LogP) is 4.86. The van der Waals surface area contributed by atoms with E-state index in [0.717, 1.165) is 75.0 Å². The van der Waals surface area contributed by atoms with Crippen LogP contribution in [0.15, 0.2) is 42.5 Å². The lowest BCUT2D eigenvalue weighted by Crippen LogP contribution is -2.34. The summed E-state index contributed by atoms with van der Waals surface area (Å²) < 4.78 is 0. The van der Waals surface area contributed by atoms with E-state index in [-0.39, 0.29) is 17.2 Å². The molecule has 0 aliphatic carbocycles. The van der Waals surface area contributed by atoms with Crippen molar-refractivity contribution >= 4 is 35.1 Å². The average molecular weight is 488 g/mol. The molecule has 0 spiro atoms. The monoisotopic (exact) mass is 487 g/mol. The number of aromatic hydroxyl groups is 1. The molecule has 9 nitrogen and oxygen atoms in total. The molecule has 2 aromatic carbocycles. The van der Waals surface area contributed by atoms with Crippen molar-refractivity contribution in [3.63, 3.8) is 0 Å². The van der Waals surface area contributed by atoms with Gasteiger partial charge in [0.2, 0.25) is 17.8 Å². The number of benzene rings is 2. The van der Waals surface area contributed by atoms with E-state index >= 15 is 0 Å². The molecular formula is C27H33N7O2. The highest BCUT2D eigenvalue weighted by Crippen LogP contribution is 2.25. The summed E-state index contributed by atoms with van der Waals surface area (Å²) in [7, 11) is 0. The molecule has 2 saturated heterocycles. The number of carbonyl (C=O) groups excluding carboxylic acids is 1. The SMILES string of the molecule is Cc1ccc(C(=O)Nc2ccc(Nc3nc(N4CCCCC4)nc(N4CCCCC4)n3)cc2)c(O)c1. The van der Waals surface area contributed by atoms with Crippen LogP contribution >= 0.6 is 0 Å². The fourth-order valence-corrected chi connectivity index (χ4v) is 4.68. The summed E-state index contributed by atoms with van der Waals surface area (Å²) in [5.74, 6) is 1.59. The molecule has 0 bridgehead atoms. The summed E-state index contributed by atoms with van der Waals surface area (Å²) >= 11 is 0. The number of hydrogen-bond donors (Lipinski definition) is 3. The number of nitrogens with one attached hydrogen (secondary N) is 2. The molecule has 5 rings (SSSR count). The number of amides is 1. The molecule has 1 aromatic heterocycles. The van der Waals surface area contributed by atoms with Crippen LogP contribution in [0.3, 0.4) is 0 Å². The molecule has 0 radical (unpaired) electrons. The molecule has 0 atom stereocenters. The van der Waals surface area contributed by atoms with E-state index < -0.39 is 0 Å². The minimum atomic E-state index is -0.358. The Morgan fingerprint density at radius 3 is 1.89 bits per heavy atom. The molecule has 0 saturated carbocycles. The number of rotatable bonds is 6. The Labute approximate surface area is 211 Å². The van der Waals surface area contributed by atoms with Gasteiger partial charge in [-0.05, 0) is 87.4 Å². The van der Waals surface area contributed by atoms with Gasteiger partial charge in [-0.2, -0.15) is 15.0 Å². The van der Waals surface area contributed by atoms with Gasteiger partial charge in [-0.25, -0.2) is 0 Å². The third-order valence-corrected chi connectivity index (χ3v) is 6.69. The predicted molar refractivity (Wildman–Crippen MR) is 142 cm³/mol. The second-order valence-corrected chi connectivity index (χ2v) is 9.53. The van der Waals surface area contributed by atoms with Crippen molar-refractivity contribution in [2.24, 2.45) is 0 Å². The number of aryl methyl sites for hydroxylation is 1. The van der Waals surface area contributed by atoms with Gasteiger partial charge in [0.25, 0.3) is 5.91 Å². The molecule has 2 fully saturated rings. The lowest BCUT2D eigenvalue weighted by molar-refractivity contribution is 0.102. The highest BCUT2D eigenvalue weighted by atomic mass is 16.3. The second-order valence-electron chi connectivity index (χ2n) is 9.53. The van der Waals surface area contributed by atoms with E-state index in [9.17, 15) is 9.90 Å². The van der Waals surface area contributed by atoms with Crippen molar-refractivity contribution in [3.8, 4) is 5.75 Å². The number of phenols is 1. The van der Waals surface area contributed by atoms with E-state index in [1.165, 1.54) is 12.8 Å². The van der Waals surface area contributed by atoms with E-state index in [4.69, 9.17) is 15.0 Å².